The maximum Gasteiger partial charge on any atom is 0.224 e. The van der Waals surface area contributed by atoms with Crippen LogP contribution in [0.1, 0.15) is 24.1 Å². The van der Waals surface area contributed by atoms with Crippen molar-refractivity contribution in [3.63, 3.8) is 0 Å². The lowest BCUT2D eigenvalue weighted by molar-refractivity contribution is 0.614. The lowest BCUT2D eigenvalue weighted by Gasteiger charge is -2.15. The van der Waals surface area contributed by atoms with Crippen LogP contribution in [0.3, 0.4) is 0 Å². The summed E-state index contributed by atoms with van der Waals surface area (Å²) in [5.41, 5.74) is 1.49. The predicted molar refractivity (Wildman–Crippen MR) is 70.2 cm³/mol. The zero-order valence-corrected chi connectivity index (χ0v) is 10.9. The minimum atomic E-state index is -0.207. The van der Waals surface area contributed by atoms with E-state index >= 15 is 0 Å². The number of nitrogens with one attached hydrogen (secondary N) is 1. The summed E-state index contributed by atoms with van der Waals surface area (Å²) in [4.78, 5) is 7.83. The summed E-state index contributed by atoms with van der Waals surface area (Å²) in [6.45, 7) is 3.67. The SMILES string of the molecule is Cc1ccc(C(C)Nc2ccnc(Cl)n2)cc1F. The highest BCUT2D eigenvalue weighted by Gasteiger charge is 2.08. The topological polar surface area (TPSA) is 37.8 Å². The van der Waals surface area contributed by atoms with E-state index in [9.17, 15) is 4.39 Å². The van der Waals surface area contributed by atoms with Gasteiger partial charge in [0.25, 0.3) is 0 Å². The molecule has 18 heavy (non-hydrogen) atoms. The maximum absolute atomic E-state index is 13.5. The molecule has 1 unspecified atom stereocenters. The van der Waals surface area contributed by atoms with Gasteiger partial charge in [-0.25, -0.2) is 14.4 Å². The maximum atomic E-state index is 13.5. The fourth-order valence-electron chi connectivity index (χ4n) is 1.60. The molecular formula is C13H13ClFN3. The van der Waals surface area contributed by atoms with Crippen molar-refractivity contribution in [1.29, 1.82) is 0 Å². The second-order valence-corrected chi connectivity index (χ2v) is 4.42. The van der Waals surface area contributed by atoms with Gasteiger partial charge in [-0.05, 0) is 48.7 Å². The van der Waals surface area contributed by atoms with E-state index in [1.807, 2.05) is 13.0 Å². The van der Waals surface area contributed by atoms with Gasteiger partial charge in [-0.3, -0.25) is 0 Å². The molecule has 1 atom stereocenters. The molecule has 1 aromatic carbocycles. The Morgan fingerprint density at radius 1 is 1.33 bits per heavy atom. The Hall–Kier alpha value is -1.68. The Bertz CT molecular complexity index is 560. The van der Waals surface area contributed by atoms with Crippen LogP contribution < -0.4 is 5.32 Å². The summed E-state index contributed by atoms with van der Waals surface area (Å²) < 4.78 is 13.5. The zero-order chi connectivity index (χ0) is 13.1. The second-order valence-electron chi connectivity index (χ2n) is 4.09. The smallest absolute Gasteiger partial charge is 0.224 e. The Kier molecular flexibility index (Phi) is 3.77. The van der Waals surface area contributed by atoms with Crippen molar-refractivity contribution in [2.45, 2.75) is 19.9 Å². The minimum absolute atomic E-state index is 0.0638. The molecule has 0 spiro atoms. The Balaban J connectivity index is 2.16. The highest BCUT2D eigenvalue weighted by atomic mass is 35.5. The van der Waals surface area contributed by atoms with Gasteiger partial charge in [-0.2, -0.15) is 0 Å². The first kappa shape index (κ1) is 12.8. The van der Waals surface area contributed by atoms with Crippen LogP contribution in [0.4, 0.5) is 10.2 Å². The quantitative estimate of drug-likeness (QED) is 0.859. The van der Waals surface area contributed by atoms with Crippen LogP contribution in [0.15, 0.2) is 30.5 Å². The number of anilines is 1. The summed E-state index contributed by atoms with van der Waals surface area (Å²) in [5, 5.41) is 3.33. The third-order valence-electron chi connectivity index (χ3n) is 2.69. The van der Waals surface area contributed by atoms with Gasteiger partial charge < -0.3 is 5.32 Å². The van der Waals surface area contributed by atoms with E-state index in [1.165, 1.54) is 6.07 Å². The molecule has 1 N–H and O–H groups in total. The number of hydrogen-bond donors (Lipinski definition) is 1. The molecule has 0 amide bonds. The van der Waals surface area contributed by atoms with Crippen LogP contribution in [0.5, 0.6) is 0 Å². The molecule has 0 aliphatic rings. The van der Waals surface area contributed by atoms with E-state index < -0.39 is 0 Å². The van der Waals surface area contributed by atoms with Gasteiger partial charge in [0.1, 0.15) is 11.6 Å². The zero-order valence-electron chi connectivity index (χ0n) is 10.1. The van der Waals surface area contributed by atoms with Crippen LogP contribution in [0.25, 0.3) is 0 Å². The molecule has 0 radical (unpaired) electrons. The van der Waals surface area contributed by atoms with E-state index in [4.69, 9.17) is 11.6 Å². The average molecular weight is 266 g/mol. The molecule has 1 aromatic heterocycles. The van der Waals surface area contributed by atoms with Crippen LogP contribution in [0, 0.1) is 12.7 Å². The van der Waals surface area contributed by atoms with Crippen molar-refractivity contribution in [3.05, 3.63) is 52.7 Å². The van der Waals surface area contributed by atoms with E-state index in [-0.39, 0.29) is 17.1 Å². The van der Waals surface area contributed by atoms with E-state index in [0.717, 1.165) is 5.56 Å². The summed E-state index contributed by atoms with van der Waals surface area (Å²) in [6, 6.07) is 6.82. The Morgan fingerprint density at radius 3 is 2.78 bits per heavy atom. The number of benzene rings is 1. The molecule has 94 valence electrons. The highest BCUT2D eigenvalue weighted by Crippen LogP contribution is 2.20. The molecule has 0 bridgehead atoms. The monoisotopic (exact) mass is 265 g/mol. The molecular weight excluding hydrogens is 253 g/mol. The van der Waals surface area contributed by atoms with Crippen LogP contribution in [-0.4, -0.2) is 9.97 Å². The number of rotatable bonds is 3. The fourth-order valence-corrected chi connectivity index (χ4v) is 1.75. The summed E-state index contributed by atoms with van der Waals surface area (Å²) >= 11 is 5.70. The lowest BCUT2D eigenvalue weighted by atomic mass is 10.1. The molecule has 5 heteroatoms. The Morgan fingerprint density at radius 2 is 2.11 bits per heavy atom. The molecule has 2 rings (SSSR count). The largest absolute Gasteiger partial charge is 0.363 e. The van der Waals surface area contributed by atoms with Crippen LogP contribution in [-0.2, 0) is 0 Å². The summed E-state index contributed by atoms with van der Waals surface area (Å²) in [7, 11) is 0. The third kappa shape index (κ3) is 2.96. The van der Waals surface area contributed by atoms with Gasteiger partial charge in [-0.15, -0.1) is 0 Å². The standard InChI is InChI=1S/C13H13ClFN3/c1-8-3-4-10(7-11(8)15)9(2)17-12-5-6-16-13(14)18-12/h3-7,9H,1-2H3,(H,16,17,18). The molecule has 3 nitrogen and oxygen atoms in total. The van der Waals surface area contributed by atoms with Crippen LogP contribution in [0.2, 0.25) is 5.28 Å². The van der Waals surface area contributed by atoms with Crippen molar-refractivity contribution in [2.75, 3.05) is 5.32 Å². The van der Waals surface area contributed by atoms with Crippen molar-refractivity contribution < 1.29 is 4.39 Å². The van der Waals surface area contributed by atoms with Gasteiger partial charge in [0, 0.05) is 6.20 Å². The second kappa shape index (κ2) is 5.31. The predicted octanol–water partition coefficient (Wildman–Crippen LogP) is 3.75. The molecule has 1 heterocycles. The van der Waals surface area contributed by atoms with Crippen LogP contribution >= 0.6 is 11.6 Å². The van der Waals surface area contributed by atoms with Gasteiger partial charge in [0.05, 0.1) is 6.04 Å². The number of aryl methyl sites for hydroxylation is 1. The molecule has 0 saturated heterocycles. The normalized spacial score (nSPS) is 12.2. The van der Waals surface area contributed by atoms with Crippen molar-refractivity contribution in [3.8, 4) is 0 Å². The number of aromatic nitrogens is 2. The van der Waals surface area contributed by atoms with Gasteiger partial charge >= 0.3 is 0 Å². The average Bonchev–Trinajstić information content (AvgIpc) is 2.32. The summed E-state index contributed by atoms with van der Waals surface area (Å²) in [6.07, 6.45) is 1.57. The number of nitrogens with zero attached hydrogens (tertiary/aromatic N) is 2. The number of halogens is 2. The van der Waals surface area contributed by atoms with Gasteiger partial charge in [0.2, 0.25) is 5.28 Å². The van der Waals surface area contributed by atoms with Gasteiger partial charge in [-0.1, -0.05) is 12.1 Å². The minimum Gasteiger partial charge on any atom is -0.363 e. The number of hydrogen-bond acceptors (Lipinski definition) is 3. The molecule has 2 aromatic rings. The van der Waals surface area contributed by atoms with E-state index in [0.29, 0.717) is 11.4 Å². The molecule has 0 fully saturated rings. The lowest BCUT2D eigenvalue weighted by Crippen LogP contribution is -2.08. The Labute approximate surface area is 110 Å². The van der Waals surface area contributed by atoms with Gasteiger partial charge in [0.15, 0.2) is 0 Å². The van der Waals surface area contributed by atoms with E-state index in [2.05, 4.69) is 15.3 Å². The first-order valence-electron chi connectivity index (χ1n) is 5.57. The molecule has 0 aliphatic carbocycles. The van der Waals surface area contributed by atoms with Crippen molar-refractivity contribution in [2.24, 2.45) is 0 Å². The van der Waals surface area contributed by atoms with Crippen molar-refractivity contribution >= 4 is 17.4 Å². The highest BCUT2D eigenvalue weighted by molar-refractivity contribution is 6.28. The van der Waals surface area contributed by atoms with Crippen molar-refractivity contribution in [1.82, 2.24) is 9.97 Å². The third-order valence-corrected chi connectivity index (χ3v) is 2.87. The molecule has 0 saturated carbocycles. The first-order valence-corrected chi connectivity index (χ1v) is 5.95. The fraction of sp³-hybridized carbons (Fsp3) is 0.231. The first-order chi connectivity index (χ1) is 8.56. The van der Waals surface area contributed by atoms with E-state index in [1.54, 1.807) is 25.3 Å². The molecule has 0 aliphatic heterocycles. The summed E-state index contributed by atoms with van der Waals surface area (Å²) in [5.74, 6) is 0.408.